The van der Waals surface area contributed by atoms with E-state index in [0.29, 0.717) is 0 Å². The third-order valence-electron chi connectivity index (χ3n) is 0. The first-order chi connectivity index (χ1) is 0. The largest absolute Gasteiger partial charge is 2.00 e. The summed E-state index contributed by atoms with van der Waals surface area (Å²) in [5, 5.41) is 0. The van der Waals surface area contributed by atoms with E-state index >= 15 is 0 Å². The predicted octanol–water partition coefficient (Wildman–Crippen LogP) is -11.6. The summed E-state index contributed by atoms with van der Waals surface area (Å²) < 4.78 is 0. The van der Waals surface area contributed by atoms with Crippen molar-refractivity contribution in [1.82, 2.24) is 0 Å². The van der Waals surface area contributed by atoms with Crippen LogP contribution in [0.1, 0.15) is 0 Å². The SMILES string of the molecule is Cl.[Cl-].[Cl-].[Cl-].[K+].[Pt+2]. The molecule has 0 aliphatic rings. The molecule has 0 bridgehead atoms. The average Bonchev–Trinajstić information content (AvgIpc) is 0. The molecule has 0 amide bonds. The van der Waals surface area contributed by atoms with Crippen LogP contribution < -0.4 is 88.6 Å². The molecule has 40 valence electrons. The van der Waals surface area contributed by atoms with Crippen LogP contribution >= 0.6 is 12.4 Å². The molecule has 0 saturated heterocycles. The van der Waals surface area contributed by atoms with E-state index in [-0.39, 0.29) is 122 Å². The fourth-order valence-electron chi connectivity index (χ4n) is 0. The van der Waals surface area contributed by atoms with Crippen molar-refractivity contribution < 1.29 is 110 Å². The topological polar surface area (TPSA) is 0 Å². The Hall–Kier alpha value is 3.48. The molecule has 0 saturated carbocycles. The van der Waals surface area contributed by atoms with Gasteiger partial charge in [0.05, 0.1) is 0 Å². The van der Waals surface area contributed by atoms with E-state index in [1.807, 2.05) is 0 Å². The van der Waals surface area contributed by atoms with Gasteiger partial charge in [0.15, 0.2) is 0 Å². The van der Waals surface area contributed by atoms with Crippen LogP contribution in [-0.4, -0.2) is 0 Å². The molecule has 6 heavy (non-hydrogen) atoms. The van der Waals surface area contributed by atoms with Crippen molar-refractivity contribution in [2.24, 2.45) is 0 Å². The van der Waals surface area contributed by atoms with E-state index in [1.54, 1.807) is 0 Å². The van der Waals surface area contributed by atoms with E-state index in [0.717, 1.165) is 0 Å². The molecule has 0 radical (unpaired) electrons. The van der Waals surface area contributed by atoms with Gasteiger partial charge in [0.2, 0.25) is 0 Å². The molecular formula is HCl4KPt. The van der Waals surface area contributed by atoms with Crippen molar-refractivity contribution in [3.8, 4) is 0 Å². The second-order valence-corrected chi connectivity index (χ2v) is 0. The molecule has 6 heteroatoms. The molecular weight excluding hydrogens is 376 g/mol. The van der Waals surface area contributed by atoms with E-state index in [9.17, 15) is 0 Å². The van der Waals surface area contributed by atoms with Crippen molar-refractivity contribution >= 4 is 12.4 Å². The Morgan fingerprint density at radius 1 is 0.667 bits per heavy atom. The van der Waals surface area contributed by atoms with Crippen molar-refractivity contribution in [3.63, 3.8) is 0 Å². The van der Waals surface area contributed by atoms with E-state index in [1.165, 1.54) is 0 Å². The number of hydrogen-bond acceptors (Lipinski definition) is 0. The Bertz CT molecular complexity index is 7.51. The standard InChI is InChI=1S/4ClH.K.Pt/h4*1H;;/q;;;;+1;+2/p-3. The zero-order valence-corrected chi connectivity index (χ0v) is 11.3. The molecule has 0 heterocycles. The molecule has 0 aromatic rings. The minimum Gasteiger partial charge on any atom is -1.00 e. The summed E-state index contributed by atoms with van der Waals surface area (Å²) >= 11 is 0. The van der Waals surface area contributed by atoms with Gasteiger partial charge in [0.1, 0.15) is 0 Å². The van der Waals surface area contributed by atoms with Gasteiger partial charge < -0.3 is 37.2 Å². The molecule has 0 unspecified atom stereocenters. The number of halogens is 4. The molecule has 0 rings (SSSR count). The maximum atomic E-state index is 0. The van der Waals surface area contributed by atoms with Crippen LogP contribution in [0.2, 0.25) is 0 Å². The zero-order valence-electron chi connectivity index (χ0n) is 2.86. The van der Waals surface area contributed by atoms with Gasteiger partial charge in [-0.3, -0.25) is 0 Å². The third kappa shape index (κ3) is 25.9. The maximum Gasteiger partial charge on any atom is 2.00 e. The summed E-state index contributed by atoms with van der Waals surface area (Å²) in [5.74, 6) is 0. The van der Waals surface area contributed by atoms with E-state index in [4.69, 9.17) is 0 Å². The first-order valence-corrected chi connectivity index (χ1v) is 0. The van der Waals surface area contributed by atoms with Crippen LogP contribution in [0.5, 0.6) is 0 Å². The van der Waals surface area contributed by atoms with Gasteiger partial charge in [-0.1, -0.05) is 0 Å². The van der Waals surface area contributed by atoms with Gasteiger partial charge in [-0.15, -0.1) is 12.4 Å². The molecule has 0 aliphatic heterocycles. The third-order valence-corrected chi connectivity index (χ3v) is 0. The van der Waals surface area contributed by atoms with Crippen molar-refractivity contribution in [3.05, 3.63) is 0 Å². The van der Waals surface area contributed by atoms with Gasteiger partial charge in [0, 0.05) is 0 Å². The van der Waals surface area contributed by atoms with Gasteiger partial charge in [0.25, 0.3) is 0 Å². The zero-order chi connectivity index (χ0) is 0. The molecule has 0 aliphatic carbocycles. The Balaban J connectivity index is 0. The maximum absolute atomic E-state index is 0. The van der Waals surface area contributed by atoms with Crippen LogP contribution in [0.3, 0.4) is 0 Å². The van der Waals surface area contributed by atoms with Gasteiger partial charge in [-0.2, -0.15) is 0 Å². The summed E-state index contributed by atoms with van der Waals surface area (Å²) in [4.78, 5) is 0. The van der Waals surface area contributed by atoms with Crippen LogP contribution in [0.25, 0.3) is 0 Å². The normalized spacial score (nSPS) is 0. The van der Waals surface area contributed by atoms with Crippen LogP contribution in [-0.2, 0) is 21.1 Å². The van der Waals surface area contributed by atoms with Gasteiger partial charge >= 0.3 is 72.4 Å². The molecule has 0 nitrogen and oxygen atoms in total. The smallest absolute Gasteiger partial charge is 1.00 e. The van der Waals surface area contributed by atoms with E-state index < -0.39 is 0 Å². The summed E-state index contributed by atoms with van der Waals surface area (Å²) in [6.45, 7) is 0. The molecule has 0 aromatic heterocycles. The predicted molar refractivity (Wildman–Crippen MR) is 7.25 cm³/mol. The number of rotatable bonds is 0. The minimum absolute atomic E-state index is 0. The van der Waals surface area contributed by atoms with Crippen LogP contribution in [0.15, 0.2) is 0 Å². The van der Waals surface area contributed by atoms with Crippen molar-refractivity contribution in [2.45, 2.75) is 0 Å². The Morgan fingerprint density at radius 2 is 0.667 bits per heavy atom. The van der Waals surface area contributed by atoms with Crippen molar-refractivity contribution in [1.29, 1.82) is 0 Å². The minimum atomic E-state index is 0. The molecule has 0 spiro atoms. The van der Waals surface area contributed by atoms with Crippen LogP contribution in [0, 0.1) is 0 Å². The molecule has 0 fully saturated rings. The van der Waals surface area contributed by atoms with Crippen molar-refractivity contribution in [2.75, 3.05) is 0 Å². The Morgan fingerprint density at radius 3 is 0.667 bits per heavy atom. The fraction of sp³-hybridized carbons (Fsp3) is 0. The molecule has 0 N–H and O–H groups in total. The van der Waals surface area contributed by atoms with Crippen LogP contribution in [0.4, 0.5) is 0 Å². The molecule has 0 atom stereocenters. The Labute approximate surface area is 119 Å². The summed E-state index contributed by atoms with van der Waals surface area (Å²) in [6.07, 6.45) is 0. The second kappa shape index (κ2) is 39.1. The summed E-state index contributed by atoms with van der Waals surface area (Å²) in [7, 11) is 0. The molecule has 0 aromatic carbocycles. The first kappa shape index (κ1) is 56.2. The van der Waals surface area contributed by atoms with E-state index in [2.05, 4.69) is 0 Å². The average molecular weight is 377 g/mol. The summed E-state index contributed by atoms with van der Waals surface area (Å²) in [6, 6.07) is 0. The summed E-state index contributed by atoms with van der Waals surface area (Å²) in [5.41, 5.74) is 0. The first-order valence-electron chi connectivity index (χ1n) is 0. The fourth-order valence-corrected chi connectivity index (χ4v) is 0. The number of hydrogen-bond donors (Lipinski definition) is 0. The monoisotopic (exact) mass is 375 g/mol. The van der Waals surface area contributed by atoms with Gasteiger partial charge in [-0.05, 0) is 0 Å². The quantitative estimate of drug-likeness (QED) is 0.368. The van der Waals surface area contributed by atoms with Gasteiger partial charge in [-0.25, -0.2) is 0 Å². The Kier molecular flexibility index (Phi) is 367. The second-order valence-electron chi connectivity index (χ2n) is 0.